The van der Waals surface area contributed by atoms with Crippen molar-refractivity contribution in [3.05, 3.63) is 35.4 Å². The third kappa shape index (κ3) is 7.52. The maximum Gasteiger partial charge on any atom is 0.393 e. The average molecular weight is 484 g/mol. The molecule has 2 heterocycles. The molecule has 3 rings (SSSR count). The largest absolute Gasteiger partial charge is 0.393 e. The second-order valence-corrected chi connectivity index (χ2v) is 8.40. The van der Waals surface area contributed by atoms with E-state index in [2.05, 4.69) is 18.7 Å². The van der Waals surface area contributed by atoms with Gasteiger partial charge in [-0.25, -0.2) is 0 Å². The van der Waals surface area contributed by atoms with Crippen molar-refractivity contribution in [2.24, 2.45) is 5.92 Å². The van der Waals surface area contributed by atoms with Gasteiger partial charge in [0.05, 0.1) is 5.92 Å². The Balaban J connectivity index is 0.00000240. The van der Waals surface area contributed by atoms with Gasteiger partial charge in [0.1, 0.15) is 0 Å². The summed E-state index contributed by atoms with van der Waals surface area (Å²) >= 11 is 0. The molecule has 2 fully saturated rings. The molecule has 2 unspecified atom stereocenters. The van der Waals surface area contributed by atoms with Gasteiger partial charge in [0.2, 0.25) is 0 Å². The van der Waals surface area contributed by atoms with Gasteiger partial charge in [0, 0.05) is 50.9 Å². The number of amides is 1. The number of nitrogens with zero attached hydrogens (tertiary/aromatic N) is 3. The molecule has 0 aliphatic carbocycles. The highest BCUT2D eigenvalue weighted by atomic mass is 35.5. The minimum absolute atomic E-state index is 0. The molecule has 1 aromatic carbocycles. The van der Waals surface area contributed by atoms with Gasteiger partial charge in [0.25, 0.3) is 5.91 Å². The van der Waals surface area contributed by atoms with E-state index in [-0.39, 0.29) is 43.7 Å². The van der Waals surface area contributed by atoms with Crippen molar-refractivity contribution in [3.63, 3.8) is 0 Å². The first-order valence-corrected chi connectivity index (χ1v) is 10.7. The van der Waals surface area contributed by atoms with E-state index in [4.69, 9.17) is 0 Å². The van der Waals surface area contributed by atoms with Crippen molar-refractivity contribution in [1.82, 2.24) is 14.7 Å². The highest BCUT2D eigenvalue weighted by Gasteiger charge is 2.41. The van der Waals surface area contributed by atoms with Gasteiger partial charge < -0.3 is 4.90 Å². The van der Waals surface area contributed by atoms with E-state index in [9.17, 15) is 18.0 Å². The number of piperidine rings is 1. The Morgan fingerprint density at radius 1 is 1.06 bits per heavy atom. The van der Waals surface area contributed by atoms with Crippen LogP contribution in [-0.2, 0) is 6.54 Å². The lowest BCUT2D eigenvalue weighted by Crippen LogP contribution is -2.51. The van der Waals surface area contributed by atoms with Crippen LogP contribution >= 0.6 is 24.8 Å². The van der Waals surface area contributed by atoms with Gasteiger partial charge >= 0.3 is 6.18 Å². The molecule has 0 spiro atoms. The van der Waals surface area contributed by atoms with Crippen LogP contribution in [0.15, 0.2) is 24.3 Å². The summed E-state index contributed by atoms with van der Waals surface area (Å²) in [6.45, 7) is 8.90. The van der Waals surface area contributed by atoms with Crippen LogP contribution in [0.5, 0.6) is 0 Å². The van der Waals surface area contributed by atoms with Gasteiger partial charge in [-0.15, -0.1) is 24.8 Å². The molecule has 0 bridgehead atoms. The molecule has 4 nitrogen and oxygen atoms in total. The summed E-state index contributed by atoms with van der Waals surface area (Å²) in [4.78, 5) is 19.0. The van der Waals surface area contributed by atoms with Crippen LogP contribution in [-0.4, -0.2) is 72.1 Å². The zero-order valence-corrected chi connectivity index (χ0v) is 19.9. The van der Waals surface area contributed by atoms with Crippen LogP contribution in [0.2, 0.25) is 0 Å². The average Bonchev–Trinajstić information content (AvgIpc) is 2.73. The third-order valence-corrected chi connectivity index (χ3v) is 6.39. The zero-order valence-electron chi connectivity index (χ0n) is 18.2. The molecule has 0 saturated carbocycles. The minimum Gasteiger partial charge on any atom is -0.336 e. The molecule has 1 amide bonds. The summed E-state index contributed by atoms with van der Waals surface area (Å²) in [5.74, 6) is -1.19. The van der Waals surface area contributed by atoms with Gasteiger partial charge in [-0.3, -0.25) is 14.6 Å². The predicted octanol–water partition coefficient (Wildman–Crippen LogP) is 4.86. The first-order chi connectivity index (χ1) is 13.8. The number of carbonyl (C=O) groups is 1. The molecular formula is C22H34Cl2F3N3O. The molecule has 2 saturated heterocycles. The Hall–Kier alpha value is -1.02. The monoisotopic (exact) mass is 483 g/mol. The minimum atomic E-state index is -4.12. The number of carbonyl (C=O) groups excluding carboxylic acids is 1. The first kappa shape index (κ1) is 28.0. The molecule has 2 aliphatic rings. The highest BCUT2D eigenvalue weighted by molar-refractivity contribution is 5.94. The fraction of sp³-hybridized carbons (Fsp3) is 0.682. The molecule has 31 heavy (non-hydrogen) atoms. The Labute approximate surface area is 196 Å². The van der Waals surface area contributed by atoms with Crippen LogP contribution in [0.3, 0.4) is 0 Å². The summed E-state index contributed by atoms with van der Waals surface area (Å²) in [6.07, 6.45) is -2.22. The van der Waals surface area contributed by atoms with E-state index < -0.39 is 12.1 Å². The normalized spacial score (nSPS) is 21.7. The van der Waals surface area contributed by atoms with Gasteiger partial charge in [-0.2, -0.15) is 13.2 Å². The van der Waals surface area contributed by atoms with Crippen molar-refractivity contribution in [1.29, 1.82) is 0 Å². The van der Waals surface area contributed by atoms with E-state index >= 15 is 0 Å². The van der Waals surface area contributed by atoms with Crippen LogP contribution in [0.4, 0.5) is 13.2 Å². The molecule has 0 aromatic heterocycles. The molecule has 0 N–H and O–H groups in total. The van der Waals surface area contributed by atoms with E-state index in [1.807, 2.05) is 34.1 Å². The smallest absolute Gasteiger partial charge is 0.336 e. The van der Waals surface area contributed by atoms with Crippen molar-refractivity contribution >= 4 is 30.7 Å². The van der Waals surface area contributed by atoms with E-state index in [0.29, 0.717) is 31.1 Å². The molecule has 178 valence electrons. The highest BCUT2D eigenvalue weighted by Crippen LogP contribution is 2.33. The number of rotatable bonds is 5. The fourth-order valence-corrected chi connectivity index (χ4v) is 4.28. The molecule has 2 atom stereocenters. The zero-order chi connectivity index (χ0) is 21.0. The number of hydrogen-bond donors (Lipinski definition) is 0. The molecule has 1 aromatic rings. The van der Waals surface area contributed by atoms with Gasteiger partial charge in [-0.1, -0.05) is 19.1 Å². The lowest BCUT2D eigenvalue weighted by atomic mass is 9.97. The molecule has 0 radical (unpaired) electrons. The number of alkyl halides is 3. The first-order valence-electron chi connectivity index (χ1n) is 10.7. The summed E-state index contributed by atoms with van der Waals surface area (Å²) in [5.41, 5.74) is 1.60. The van der Waals surface area contributed by atoms with Crippen LogP contribution in [0, 0.1) is 5.92 Å². The summed E-state index contributed by atoms with van der Waals surface area (Å²) in [5, 5.41) is 0. The quantitative estimate of drug-likeness (QED) is 0.598. The Bertz CT molecular complexity index is 680. The van der Waals surface area contributed by atoms with Crippen LogP contribution in [0.1, 0.15) is 49.0 Å². The number of benzene rings is 1. The van der Waals surface area contributed by atoms with E-state index in [1.54, 1.807) is 0 Å². The fourth-order valence-electron chi connectivity index (χ4n) is 4.28. The summed E-state index contributed by atoms with van der Waals surface area (Å²) in [6, 6.07) is 7.91. The van der Waals surface area contributed by atoms with Crippen LogP contribution < -0.4 is 0 Å². The summed E-state index contributed by atoms with van der Waals surface area (Å²) in [7, 11) is 0. The Morgan fingerprint density at radius 2 is 1.68 bits per heavy atom. The SMILES string of the molecule is CCC(C)N1CCN(C(=O)c2ccc(CN3CCCC(C(F)(F)F)C3)cc2)CC1.Cl.Cl. The van der Waals surface area contributed by atoms with Gasteiger partial charge in [0.15, 0.2) is 0 Å². The molecular weight excluding hydrogens is 450 g/mol. The number of likely N-dealkylation sites (tertiary alicyclic amines) is 1. The van der Waals surface area contributed by atoms with E-state index in [1.165, 1.54) is 0 Å². The maximum atomic E-state index is 13.0. The summed E-state index contributed by atoms with van der Waals surface area (Å²) < 4.78 is 39.0. The standard InChI is InChI=1S/C22H32F3N3O.2ClH/c1-3-17(2)27-11-13-28(14-12-27)21(29)19-8-6-18(7-9-19)15-26-10-4-5-20(16-26)22(23,24)25;;/h6-9,17,20H,3-5,10-16H2,1-2H3;2*1H. The van der Waals surface area contributed by atoms with Crippen LogP contribution in [0.25, 0.3) is 0 Å². The number of hydrogen-bond acceptors (Lipinski definition) is 3. The van der Waals surface area contributed by atoms with E-state index in [0.717, 1.165) is 38.2 Å². The topological polar surface area (TPSA) is 26.8 Å². The van der Waals surface area contributed by atoms with Gasteiger partial charge in [-0.05, 0) is 50.4 Å². The van der Waals surface area contributed by atoms with Crippen molar-refractivity contribution in [2.45, 2.75) is 51.9 Å². The van der Waals surface area contributed by atoms with Crippen molar-refractivity contribution in [3.8, 4) is 0 Å². The maximum absolute atomic E-state index is 13.0. The molecule has 2 aliphatic heterocycles. The van der Waals surface area contributed by atoms with Crippen molar-refractivity contribution < 1.29 is 18.0 Å². The van der Waals surface area contributed by atoms with Crippen molar-refractivity contribution in [2.75, 3.05) is 39.3 Å². The second-order valence-electron chi connectivity index (χ2n) is 8.40. The number of piperazine rings is 1. The molecule has 9 heteroatoms. The lowest BCUT2D eigenvalue weighted by Gasteiger charge is -2.37. The third-order valence-electron chi connectivity index (χ3n) is 6.39. The number of halogens is 5. The Kier molecular flexibility index (Phi) is 11.1. The predicted molar refractivity (Wildman–Crippen MR) is 122 cm³/mol. The lowest BCUT2D eigenvalue weighted by molar-refractivity contribution is -0.187. The second kappa shape index (κ2) is 12.3. The Morgan fingerprint density at radius 3 is 2.23 bits per heavy atom.